The van der Waals surface area contributed by atoms with Crippen molar-refractivity contribution in [2.24, 2.45) is 0 Å². The van der Waals surface area contributed by atoms with Gasteiger partial charge in [-0.1, -0.05) is 0 Å². The number of aryl methyl sites for hydroxylation is 1. The first kappa shape index (κ1) is 19.1. The summed E-state index contributed by atoms with van der Waals surface area (Å²) in [6, 6.07) is 6.82. The predicted molar refractivity (Wildman–Crippen MR) is 97.4 cm³/mol. The summed E-state index contributed by atoms with van der Waals surface area (Å²) in [4.78, 5) is 33.5. The van der Waals surface area contributed by atoms with Crippen molar-refractivity contribution in [3.8, 4) is 11.5 Å². The van der Waals surface area contributed by atoms with Crippen LogP contribution < -0.4 is 9.47 Å². The van der Waals surface area contributed by atoms with Gasteiger partial charge in [-0.2, -0.15) is 4.98 Å². The number of hydrogen-bond acceptors (Lipinski definition) is 7. The molecule has 3 aromatic rings. The molecule has 146 valence electrons. The fourth-order valence-electron chi connectivity index (χ4n) is 2.68. The number of carboxylic acid groups (broad SMARTS) is 1. The summed E-state index contributed by atoms with van der Waals surface area (Å²) >= 11 is 0. The number of benzene rings is 1. The van der Waals surface area contributed by atoms with E-state index in [2.05, 4.69) is 15.1 Å². The van der Waals surface area contributed by atoms with Crippen molar-refractivity contribution in [2.75, 3.05) is 20.8 Å². The normalized spacial score (nSPS) is 10.7. The van der Waals surface area contributed by atoms with Gasteiger partial charge in [0.25, 0.3) is 11.7 Å². The first-order valence-electron chi connectivity index (χ1n) is 8.32. The molecular formula is C18H19N5O5. The Bertz CT molecular complexity index is 1010. The van der Waals surface area contributed by atoms with E-state index in [4.69, 9.17) is 9.47 Å². The minimum atomic E-state index is -1.15. The molecule has 0 spiro atoms. The van der Waals surface area contributed by atoms with E-state index in [1.807, 2.05) is 0 Å². The van der Waals surface area contributed by atoms with Gasteiger partial charge in [-0.3, -0.25) is 9.59 Å². The summed E-state index contributed by atoms with van der Waals surface area (Å²) in [7, 11) is 3.02. The van der Waals surface area contributed by atoms with E-state index in [1.165, 1.54) is 18.7 Å². The van der Waals surface area contributed by atoms with Crippen LogP contribution in [0.2, 0.25) is 0 Å². The molecule has 10 heteroatoms. The lowest BCUT2D eigenvalue weighted by Crippen LogP contribution is -2.35. The highest BCUT2D eigenvalue weighted by Crippen LogP contribution is 2.23. The highest BCUT2D eigenvalue weighted by Gasteiger charge is 2.24. The number of aromatic nitrogens is 4. The Hall–Kier alpha value is -3.69. The Morgan fingerprint density at radius 2 is 1.86 bits per heavy atom. The maximum atomic E-state index is 12.9. The van der Waals surface area contributed by atoms with Crippen molar-refractivity contribution in [3.05, 3.63) is 47.5 Å². The van der Waals surface area contributed by atoms with Crippen LogP contribution in [0.25, 0.3) is 5.78 Å². The molecule has 0 bridgehead atoms. The van der Waals surface area contributed by atoms with Crippen LogP contribution in [-0.2, 0) is 11.3 Å². The van der Waals surface area contributed by atoms with E-state index in [9.17, 15) is 14.7 Å². The van der Waals surface area contributed by atoms with E-state index in [-0.39, 0.29) is 18.1 Å². The molecule has 0 fully saturated rings. The number of fused-ring (bicyclic) bond motifs is 1. The topological polar surface area (TPSA) is 119 Å². The molecular weight excluding hydrogens is 366 g/mol. The summed E-state index contributed by atoms with van der Waals surface area (Å²) in [6.45, 7) is 1.30. The Morgan fingerprint density at radius 3 is 2.43 bits per heavy atom. The first-order chi connectivity index (χ1) is 13.4. The largest absolute Gasteiger partial charge is 0.497 e. The van der Waals surface area contributed by atoms with Crippen LogP contribution in [0.15, 0.2) is 30.5 Å². The molecule has 3 rings (SSSR count). The minimum absolute atomic E-state index is 0.0145. The lowest BCUT2D eigenvalue weighted by molar-refractivity contribution is -0.137. The van der Waals surface area contributed by atoms with Gasteiger partial charge < -0.3 is 19.5 Å². The van der Waals surface area contributed by atoms with Crippen molar-refractivity contribution in [3.63, 3.8) is 0 Å². The molecule has 0 atom stereocenters. The van der Waals surface area contributed by atoms with Crippen LogP contribution in [-0.4, -0.2) is 62.2 Å². The number of nitrogens with zero attached hydrogens (tertiary/aromatic N) is 5. The van der Waals surface area contributed by atoms with Gasteiger partial charge in [-0.05, 0) is 30.7 Å². The number of carbonyl (C=O) groups excluding carboxylic acids is 1. The van der Waals surface area contributed by atoms with Gasteiger partial charge in [0, 0.05) is 24.5 Å². The Balaban J connectivity index is 1.94. The van der Waals surface area contributed by atoms with Gasteiger partial charge in [0.05, 0.1) is 14.2 Å². The van der Waals surface area contributed by atoms with Crippen LogP contribution in [0.3, 0.4) is 0 Å². The number of methoxy groups -OCH3 is 2. The zero-order chi connectivity index (χ0) is 20.3. The quantitative estimate of drug-likeness (QED) is 0.644. The first-order valence-corrected chi connectivity index (χ1v) is 8.32. The maximum absolute atomic E-state index is 12.9. The fourth-order valence-corrected chi connectivity index (χ4v) is 2.68. The molecule has 0 aliphatic carbocycles. The second-order valence-electron chi connectivity index (χ2n) is 6.01. The van der Waals surface area contributed by atoms with Gasteiger partial charge in [-0.25, -0.2) is 9.50 Å². The van der Waals surface area contributed by atoms with Crippen LogP contribution in [0, 0.1) is 6.92 Å². The Morgan fingerprint density at radius 1 is 1.18 bits per heavy atom. The third-order valence-electron chi connectivity index (χ3n) is 4.02. The maximum Gasteiger partial charge on any atom is 0.323 e. The number of rotatable bonds is 7. The molecule has 1 N–H and O–H groups in total. The number of hydrogen-bond donors (Lipinski definition) is 1. The van der Waals surface area contributed by atoms with Gasteiger partial charge in [-0.15, -0.1) is 5.10 Å². The van der Waals surface area contributed by atoms with Gasteiger partial charge >= 0.3 is 5.97 Å². The van der Waals surface area contributed by atoms with Gasteiger partial charge in [0.15, 0.2) is 0 Å². The standard InChI is InChI=1S/C18H19N5O5/c1-11-4-5-19-18-20-16(21-23(11)18)17(26)22(10-15(24)25)9-12-6-13(27-2)8-14(7-12)28-3/h4-8H,9-10H2,1-3H3,(H,24,25). The fraction of sp³-hybridized carbons (Fsp3) is 0.278. The third kappa shape index (κ3) is 4.00. The summed E-state index contributed by atoms with van der Waals surface area (Å²) in [5, 5.41) is 13.4. The molecule has 0 aliphatic rings. The molecule has 0 unspecified atom stereocenters. The van der Waals surface area contributed by atoms with Crippen molar-refractivity contribution in [1.82, 2.24) is 24.5 Å². The molecule has 28 heavy (non-hydrogen) atoms. The monoisotopic (exact) mass is 385 g/mol. The number of ether oxygens (including phenoxy) is 2. The summed E-state index contributed by atoms with van der Waals surface area (Å²) in [6.07, 6.45) is 1.56. The van der Waals surface area contributed by atoms with E-state index in [0.717, 1.165) is 10.6 Å². The van der Waals surface area contributed by atoms with Crippen LogP contribution >= 0.6 is 0 Å². The van der Waals surface area contributed by atoms with Crippen molar-refractivity contribution in [2.45, 2.75) is 13.5 Å². The van der Waals surface area contributed by atoms with Crippen LogP contribution in [0.5, 0.6) is 11.5 Å². The van der Waals surface area contributed by atoms with E-state index >= 15 is 0 Å². The van der Waals surface area contributed by atoms with Crippen LogP contribution in [0.1, 0.15) is 21.9 Å². The smallest absolute Gasteiger partial charge is 0.323 e. The van der Waals surface area contributed by atoms with Crippen LogP contribution in [0.4, 0.5) is 0 Å². The lowest BCUT2D eigenvalue weighted by atomic mass is 10.2. The second-order valence-corrected chi connectivity index (χ2v) is 6.01. The third-order valence-corrected chi connectivity index (χ3v) is 4.02. The van der Waals surface area contributed by atoms with E-state index in [1.54, 1.807) is 37.4 Å². The van der Waals surface area contributed by atoms with E-state index in [0.29, 0.717) is 17.1 Å². The predicted octanol–water partition coefficient (Wildman–Crippen LogP) is 1.18. The lowest BCUT2D eigenvalue weighted by Gasteiger charge is -2.20. The highest BCUT2D eigenvalue weighted by molar-refractivity contribution is 5.92. The number of amides is 1. The highest BCUT2D eigenvalue weighted by atomic mass is 16.5. The number of carboxylic acids is 1. The molecule has 0 saturated carbocycles. The molecule has 1 amide bonds. The summed E-state index contributed by atoms with van der Waals surface area (Å²) in [5.74, 6) is -0.569. The molecule has 1 aromatic carbocycles. The number of aliphatic carboxylic acids is 1. The van der Waals surface area contributed by atoms with Gasteiger partial charge in [0.1, 0.15) is 18.0 Å². The average Bonchev–Trinajstić information content (AvgIpc) is 3.12. The molecule has 0 saturated heterocycles. The van der Waals surface area contributed by atoms with Gasteiger partial charge in [0.2, 0.25) is 5.82 Å². The zero-order valence-corrected chi connectivity index (χ0v) is 15.6. The summed E-state index contributed by atoms with van der Waals surface area (Å²) < 4.78 is 11.9. The van der Waals surface area contributed by atoms with Crippen molar-refractivity contribution in [1.29, 1.82) is 0 Å². The summed E-state index contributed by atoms with van der Waals surface area (Å²) in [5.41, 5.74) is 1.39. The average molecular weight is 385 g/mol. The Labute approximate surface area is 160 Å². The van der Waals surface area contributed by atoms with Crippen molar-refractivity contribution >= 4 is 17.7 Å². The van der Waals surface area contributed by atoms with E-state index < -0.39 is 18.4 Å². The molecule has 0 radical (unpaired) electrons. The SMILES string of the molecule is COc1cc(CN(CC(=O)O)C(=O)c2nc3nccc(C)n3n2)cc(OC)c1. The van der Waals surface area contributed by atoms with Crippen molar-refractivity contribution < 1.29 is 24.2 Å². The number of carbonyl (C=O) groups is 2. The molecule has 2 aromatic heterocycles. The molecule has 0 aliphatic heterocycles. The molecule has 2 heterocycles. The Kier molecular flexibility index (Phi) is 5.39. The minimum Gasteiger partial charge on any atom is -0.497 e. The second kappa shape index (κ2) is 7.91. The molecule has 10 nitrogen and oxygen atoms in total. The zero-order valence-electron chi connectivity index (χ0n) is 15.6.